The van der Waals surface area contributed by atoms with E-state index in [0.29, 0.717) is 6.10 Å². The summed E-state index contributed by atoms with van der Waals surface area (Å²) in [7, 11) is 0. The second-order valence-corrected chi connectivity index (χ2v) is 6.46. The van der Waals surface area contributed by atoms with E-state index in [2.05, 4.69) is 61.7 Å². The van der Waals surface area contributed by atoms with Crippen LogP contribution in [0.1, 0.15) is 39.2 Å². The van der Waals surface area contributed by atoms with Gasteiger partial charge in [-0.1, -0.05) is 44.2 Å². The lowest BCUT2D eigenvalue weighted by Crippen LogP contribution is -2.41. The normalized spacial score (nSPS) is 18.4. The van der Waals surface area contributed by atoms with E-state index in [9.17, 15) is 0 Å². The van der Waals surface area contributed by atoms with Gasteiger partial charge in [-0.25, -0.2) is 0 Å². The molecule has 0 amide bonds. The minimum atomic E-state index is 0. The highest BCUT2D eigenvalue weighted by molar-refractivity contribution is 14.0. The summed E-state index contributed by atoms with van der Waals surface area (Å²) in [6.07, 6.45) is 2.63. The molecule has 1 aromatic rings. The third-order valence-electron chi connectivity index (χ3n) is 4.05. The Hall–Kier alpha value is -0.820. The number of guanidine groups is 1. The molecule has 23 heavy (non-hydrogen) atoms. The van der Waals surface area contributed by atoms with Crippen LogP contribution in [0.3, 0.4) is 0 Å². The highest BCUT2D eigenvalue weighted by Gasteiger charge is 2.20. The molecule has 0 radical (unpaired) electrons. The van der Waals surface area contributed by atoms with E-state index in [1.165, 1.54) is 12.0 Å². The molecule has 0 aliphatic carbocycles. The van der Waals surface area contributed by atoms with Crippen LogP contribution >= 0.6 is 24.0 Å². The van der Waals surface area contributed by atoms with Crippen LogP contribution in [-0.2, 0) is 10.2 Å². The predicted molar refractivity (Wildman–Crippen MR) is 108 cm³/mol. The van der Waals surface area contributed by atoms with Gasteiger partial charge < -0.3 is 15.4 Å². The predicted octanol–water partition coefficient (Wildman–Crippen LogP) is 3.32. The van der Waals surface area contributed by atoms with E-state index in [4.69, 9.17) is 9.73 Å². The highest BCUT2D eigenvalue weighted by Crippen LogP contribution is 2.22. The maximum Gasteiger partial charge on any atom is 0.191 e. The van der Waals surface area contributed by atoms with Gasteiger partial charge in [-0.05, 0) is 25.3 Å². The molecule has 1 aromatic carbocycles. The Kier molecular flexibility index (Phi) is 8.91. The molecule has 0 aromatic heterocycles. The maximum absolute atomic E-state index is 5.65. The highest BCUT2D eigenvalue weighted by atomic mass is 127. The molecule has 1 aliphatic heterocycles. The van der Waals surface area contributed by atoms with E-state index in [-0.39, 0.29) is 29.4 Å². The summed E-state index contributed by atoms with van der Waals surface area (Å²) in [6, 6.07) is 10.6. The fourth-order valence-corrected chi connectivity index (χ4v) is 2.61. The van der Waals surface area contributed by atoms with E-state index in [1.54, 1.807) is 0 Å². The Morgan fingerprint density at radius 2 is 2.00 bits per heavy atom. The van der Waals surface area contributed by atoms with Crippen molar-refractivity contribution < 1.29 is 4.74 Å². The first-order valence-corrected chi connectivity index (χ1v) is 8.31. The lowest BCUT2D eigenvalue weighted by molar-refractivity contribution is 0.114. The van der Waals surface area contributed by atoms with Crippen LogP contribution < -0.4 is 10.6 Å². The van der Waals surface area contributed by atoms with Crippen molar-refractivity contribution in [3.63, 3.8) is 0 Å². The van der Waals surface area contributed by atoms with Crippen molar-refractivity contribution in [3.05, 3.63) is 35.9 Å². The van der Waals surface area contributed by atoms with Gasteiger partial charge in [-0.2, -0.15) is 0 Å². The number of rotatable bonds is 6. The summed E-state index contributed by atoms with van der Waals surface area (Å²) < 4.78 is 5.65. The number of halogens is 1. The summed E-state index contributed by atoms with van der Waals surface area (Å²) in [5, 5.41) is 6.71. The summed E-state index contributed by atoms with van der Waals surface area (Å²) in [5.74, 6) is 0.877. The Bertz CT molecular complexity index is 470. The van der Waals surface area contributed by atoms with Gasteiger partial charge in [0.2, 0.25) is 0 Å². The largest absolute Gasteiger partial charge is 0.376 e. The van der Waals surface area contributed by atoms with Crippen molar-refractivity contribution >= 4 is 29.9 Å². The van der Waals surface area contributed by atoms with Crippen molar-refractivity contribution in [1.82, 2.24) is 10.6 Å². The van der Waals surface area contributed by atoms with Crippen LogP contribution in [-0.4, -0.2) is 38.3 Å². The molecule has 2 N–H and O–H groups in total. The van der Waals surface area contributed by atoms with Gasteiger partial charge in [0.1, 0.15) is 0 Å². The van der Waals surface area contributed by atoms with Gasteiger partial charge in [0.25, 0.3) is 0 Å². The lowest BCUT2D eigenvalue weighted by atomic mass is 9.85. The smallest absolute Gasteiger partial charge is 0.191 e. The maximum atomic E-state index is 5.65. The number of ether oxygens (including phenoxy) is 1. The molecule has 0 spiro atoms. The zero-order valence-corrected chi connectivity index (χ0v) is 16.8. The molecular formula is C18H30IN3O. The van der Waals surface area contributed by atoms with E-state index in [0.717, 1.165) is 38.6 Å². The molecule has 130 valence electrons. The molecular weight excluding hydrogens is 401 g/mol. The SMILES string of the molecule is CCNC(=NCC(C)(C)c1ccccc1)NCC1CCCO1.I. The van der Waals surface area contributed by atoms with Crippen LogP contribution in [0, 0.1) is 0 Å². The number of aliphatic imine (C=N–C) groups is 1. The summed E-state index contributed by atoms with van der Waals surface area (Å²) >= 11 is 0. The van der Waals surface area contributed by atoms with E-state index in [1.807, 2.05) is 0 Å². The van der Waals surface area contributed by atoms with Gasteiger partial charge in [0.15, 0.2) is 5.96 Å². The van der Waals surface area contributed by atoms with Crippen LogP contribution in [0.25, 0.3) is 0 Å². The van der Waals surface area contributed by atoms with E-state index >= 15 is 0 Å². The van der Waals surface area contributed by atoms with Gasteiger partial charge in [-0.3, -0.25) is 4.99 Å². The first kappa shape index (κ1) is 20.2. The van der Waals surface area contributed by atoms with Gasteiger partial charge in [-0.15, -0.1) is 24.0 Å². The molecule has 1 unspecified atom stereocenters. The minimum absolute atomic E-state index is 0. The van der Waals surface area contributed by atoms with Crippen LogP contribution in [0.5, 0.6) is 0 Å². The van der Waals surface area contributed by atoms with Crippen molar-refractivity contribution in [1.29, 1.82) is 0 Å². The third kappa shape index (κ3) is 6.67. The minimum Gasteiger partial charge on any atom is -0.376 e. The quantitative estimate of drug-likeness (QED) is 0.413. The zero-order chi connectivity index (χ0) is 15.8. The number of hydrogen-bond donors (Lipinski definition) is 2. The Morgan fingerprint density at radius 1 is 1.26 bits per heavy atom. The first-order valence-electron chi connectivity index (χ1n) is 8.31. The van der Waals surface area contributed by atoms with Crippen LogP contribution in [0.4, 0.5) is 0 Å². The molecule has 1 heterocycles. The standard InChI is InChI=1S/C18H29N3O.HI/c1-4-19-17(20-13-16-11-8-12-22-16)21-14-18(2,3)15-9-6-5-7-10-15;/h5-7,9-10,16H,4,8,11-14H2,1-3H3,(H2,19,20,21);1H. The number of nitrogens with one attached hydrogen (secondary N) is 2. The number of hydrogen-bond acceptors (Lipinski definition) is 2. The molecule has 1 aliphatic rings. The fourth-order valence-electron chi connectivity index (χ4n) is 2.61. The van der Waals surface area contributed by atoms with Gasteiger partial charge >= 0.3 is 0 Å². The molecule has 0 bridgehead atoms. The van der Waals surface area contributed by atoms with Crippen LogP contribution in [0.2, 0.25) is 0 Å². The number of benzene rings is 1. The van der Waals surface area contributed by atoms with Crippen molar-refractivity contribution in [2.75, 3.05) is 26.2 Å². The first-order chi connectivity index (χ1) is 10.6. The Labute approximate surface area is 157 Å². The topological polar surface area (TPSA) is 45.7 Å². The third-order valence-corrected chi connectivity index (χ3v) is 4.05. The van der Waals surface area contributed by atoms with Crippen molar-refractivity contribution in [2.24, 2.45) is 4.99 Å². The second-order valence-electron chi connectivity index (χ2n) is 6.46. The molecule has 1 fully saturated rings. The zero-order valence-electron chi connectivity index (χ0n) is 14.5. The summed E-state index contributed by atoms with van der Waals surface area (Å²) in [4.78, 5) is 4.76. The van der Waals surface area contributed by atoms with Crippen LogP contribution in [0.15, 0.2) is 35.3 Å². The van der Waals surface area contributed by atoms with E-state index < -0.39 is 0 Å². The number of nitrogens with zero attached hydrogens (tertiary/aromatic N) is 1. The summed E-state index contributed by atoms with van der Waals surface area (Å²) in [6.45, 7) is 9.89. The molecule has 4 nitrogen and oxygen atoms in total. The monoisotopic (exact) mass is 431 g/mol. The average Bonchev–Trinajstić information content (AvgIpc) is 3.04. The average molecular weight is 431 g/mol. The molecule has 5 heteroatoms. The molecule has 0 saturated carbocycles. The molecule has 2 rings (SSSR count). The fraction of sp³-hybridized carbons (Fsp3) is 0.611. The van der Waals surface area contributed by atoms with Crippen molar-refractivity contribution in [2.45, 2.75) is 45.1 Å². The Balaban J connectivity index is 0.00000264. The second kappa shape index (κ2) is 10.1. The Morgan fingerprint density at radius 3 is 2.61 bits per heavy atom. The van der Waals surface area contributed by atoms with Gasteiger partial charge in [0, 0.05) is 25.1 Å². The van der Waals surface area contributed by atoms with Crippen molar-refractivity contribution in [3.8, 4) is 0 Å². The van der Waals surface area contributed by atoms with Gasteiger partial charge in [0.05, 0.1) is 12.6 Å². The summed E-state index contributed by atoms with van der Waals surface area (Å²) in [5.41, 5.74) is 1.33. The molecule has 1 atom stereocenters. The molecule has 1 saturated heterocycles. The lowest BCUT2D eigenvalue weighted by Gasteiger charge is -2.24.